The summed E-state index contributed by atoms with van der Waals surface area (Å²) in [6, 6.07) is 6.54. The average molecular weight is 276 g/mol. The lowest BCUT2D eigenvalue weighted by Crippen LogP contribution is -2.43. The topological polar surface area (TPSA) is 24.5 Å². The van der Waals surface area contributed by atoms with Crippen LogP contribution in [0.25, 0.3) is 0 Å². The highest BCUT2D eigenvalue weighted by atomic mass is 16.5. The molecule has 0 bridgehead atoms. The smallest absolute Gasteiger partial charge is 0.122 e. The molecule has 20 heavy (non-hydrogen) atoms. The van der Waals surface area contributed by atoms with Crippen LogP contribution in [-0.2, 0) is 0 Å². The number of rotatable bonds is 6. The molecule has 1 N–H and O–H groups in total. The van der Waals surface area contributed by atoms with Gasteiger partial charge >= 0.3 is 0 Å². The summed E-state index contributed by atoms with van der Waals surface area (Å²) in [5.74, 6) is 1.58. The normalized spacial score (nSPS) is 16.6. The zero-order chi connectivity index (χ0) is 14.4. The summed E-state index contributed by atoms with van der Waals surface area (Å²) >= 11 is 0. The van der Waals surface area contributed by atoms with Gasteiger partial charge in [0, 0.05) is 32.7 Å². The fourth-order valence-corrected chi connectivity index (χ4v) is 2.65. The van der Waals surface area contributed by atoms with Crippen molar-refractivity contribution < 1.29 is 4.74 Å². The maximum atomic E-state index is 6.03. The fourth-order valence-electron chi connectivity index (χ4n) is 2.65. The highest BCUT2D eigenvalue weighted by molar-refractivity contribution is 5.39. The molecule has 0 aliphatic carbocycles. The van der Waals surface area contributed by atoms with Gasteiger partial charge in [0.15, 0.2) is 0 Å². The van der Waals surface area contributed by atoms with Crippen LogP contribution in [0.15, 0.2) is 18.2 Å². The van der Waals surface area contributed by atoms with Crippen molar-refractivity contribution in [3.8, 4) is 5.75 Å². The molecule has 1 saturated heterocycles. The highest BCUT2D eigenvalue weighted by Crippen LogP contribution is 2.27. The van der Waals surface area contributed by atoms with E-state index in [-0.39, 0.29) is 0 Å². The Labute approximate surface area is 123 Å². The van der Waals surface area contributed by atoms with E-state index in [1.807, 2.05) is 0 Å². The van der Waals surface area contributed by atoms with Gasteiger partial charge in [-0.15, -0.1) is 0 Å². The van der Waals surface area contributed by atoms with E-state index in [4.69, 9.17) is 4.74 Å². The highest BCUT2D eigenvalue weighted by Gasteiger charge is 2.10. The van der Waals surface area contributed by atoms with Crippen LogP contribution >= 0.6 is 0 Å². The number of nitrogens with one attached hydrogen (secondary N) is 1. The van der Waals surface area contributed by atoms with Gasteiger partial charge in [-0.25, -0.2) is 0 Å². The predicted molar refractivity (Wildman–Crippen MR) is 84.7 cm³/mol. The number of ether oxygens (including phenoxy) is 1. The number of hydrogen-bond acceptors (Lipinski definition) is 3. The van der Waals surface area contributed by atoms with Crippen LogP contribution in [0.1, 0.15) is 37.3 Å². The Kier molecular flexibility index (Phi) is 5.86. The van der Waals surface area contributed by atoms with E-state index >= 15 is 0 Å². The average Bonchev–Trinajstić information content (AvgIpc) is 2.44. The molecule has 0 radical (unpaired) electrons. The maximum absolute atomic E-state index is 6.03. The second-order valence-corrected chi connectivity index (χ2v) is 5.99. The first-order chi connectivity index (χ1) is 9.66. The SMILES string of the molecule is Cc1ccc(C(C)C)c(OCCCN2CCNCC2)c1. The largest absolute Gasteiger partial charge is 0.493 e. The minimum absolute atomic E-state index is 0.513. The summed E-state index contributed by atoms with van der Waals surface area (Å²) in [6.07, 6.45) is 1.10. The van der Waals surface area contributed by atoms with Crippen LogP contribution in [0.5, 0.6) is 5.75 Å². The van der Waals surface area contributed by atoms with Crippen LogP contribution in [0.4, 0.5) is 0 Å². The molecule has 0 aromatic heterocycles. The van der Waals surface area contributed by atoms with E-state index in [0.717, 1.165) is 38.4 Å². The molecule has 0 saturated carbocycles. The molecule has 1 aliphatic heterocycles. The molecule has 1 aromatic carbocycles. The van der Waals surface area contributed by atoms with Gasteiger partial charge in [-0.2, -0.15) is 0 Å². The van der Waals surface area contributed by atoms with Crippen LogP contribution < -0.4 is 10.1 Å². The molecule has 0 atom stereocenters. The zero-order valence-electron chi connectivity index (χ0n) is 13.1. The van der Waals surface area contributed by atoms with Crippen LogP contribution in [0.3, 0.4) is 0 Å². The van der Waals surface area contributed by atoms with E-state index in [0.29, 0.717) is 5.92 Å². The molecular weight excluding hydrogens is 248 g/mol. The third-order valence-corrected chi connectivity index (χ3v) is 3.88. The Bertz CT molecular complexity index is 411. The van der Waals surface area contributed by atoms with Gasteiger partial charge in [-0.05, 0) is 36.5 Å². The number of nitrogens with zero attached hydrogens (tertiary/aromatic N) is 1. The predicted octanol–water partition coefficient (Wildman–Crippen LogP) is 2.79. The van der Waals surface area contributed by atoms with Crippen LogP contribution in [-0.4, -0.2) is 44.2 Å². The van der Waals surface area contributed by atoms with E-state index in [9.17, 15) is 0 Å². The molecule has 2 rings (SSSR count). The summed E-state index contributed by atoms with van der Waals surface area (Å²) in [6.45, 7) is 13.1. The molecule has 112 valence electrons. The quantitative estimate of drug-likeness (QED) is 0.809. The lowest BCUT2D eigenvalue weighted by molar-refractivity contribution is 0.213. The summed E-state index contributed by atoms with van der Waals surface area (Å²) in [5, 5.41) is 3.38. The standard InChI is InChI=1S/C17H28N2O/c1-14(2)16-6-5-15(3)13-17(16)20-12-4-9-19-10-7-18-8-11-19/h5-6,13-14,18H,4,7-12H2,1-3H3. The van der Waals surface area contributed by atoms with E-state index in [1.54, 1.807) is 0 Å². The molecule has 1 aliphatic rings. The van der Waals surface area contributed by atoms with Crippen molar-refractivity contribution in [2.75, 3.05) is 39.3 Å². The molecule has 1 fully saturated rings. The molecule has 3 nitrogen and oxygen atoms in total. The van der Waals surface area contributed by atoms with E-state index in [2.05, 4.69) is 49.2 Å². The molecule has 0 amide bonds. The van der Waals surface area contributed by atoms with Crippen molar-refractivity contribution in [3.63, 3.8) is 0 Å². The first-order valence-corrected chi connectivity index (χ1v) is 7.83. The molecule has 3 heteroatoms. The zero-order valence-corrected chi connectivity index (χ0v) is 13.1. The Morgan fingerprint density at radius 3 is 2.70 bits per heavy atom. The maximum Gasteiger partial charge on any atom is 0.122 e. The molecule has 0 unspecified atom stereocenters. The number of piperazine rings is 1. The first kappa shape index (κ1) is 15.3. The van der Waals surface area contributed by atoms with Crippen molar-refractivity contribution in [1.29, 1.82) is 0 Å². The summed E-state index contributed by atoms with van der Waals surface area (Å²) in [7, 11) is 0. The van der Waals surface area contributed by atoms with E-state index in [1.165, 1.54) is 24.2 Å². The van der Waals surface area contributed by atoms with Gasteiger partial charge in [0.1, 0.15) is 5.75 Å². The van der Waals surface area contributed by atoms with Gasteiger partial charge in [-0.1, -0.05) is 26.0 Å². The Balaban J connectivity index is 1.79. The van der Waals surface area contributed by atoms with Crippen molar-refractivity contribution in [1.82, 2.24) is 10.2 Å². The summed E-state index contributed by atoms with van der Waals surface area (Å²) in [4.78, 5) is 2.51. The molecular formula is C17H28N2O. The van der Waals surface area contributed by atoms with Crippen molar-refractivity contribution in [2.45, 2.75) is 33.1 Å². The number of hydrogen-bond donors (Lipinski definition) is 1. The Morgan fingerprint density at radius 2 is 2.00 bits per heavy atom. The summed E-state index contributed by atoms with van der Waals surface area (Å²) < 4.78 is 6.03. The number of benzene rings is 1. The van der Waals surface area contributed by atoms with Crippen LogP contribution in [0, 0.1) is 6.92 Å². The lowest BCUT2D eigenvalue weighted by atomic mass is 10.0. The van der Waals surface area contributed by atoms with Gasteiger partial charge in [-0.3, -0.25) is 0 Å². The number of aryl methyl sites for hydroxylation is 1. The molecule has 0 spiro atoms. The van der Waals surface area contributed by atoms with Gasteiger partial charge in [0.25, 0.3) is 0 Å². The minimum Gasteiger partial charge on any atom is -0.493 e. The monoisotopic (exact) mass is 276 g/mol. The second-order valence-electron chi connectivity index (χ2n) is 5.99. The molecule has 1 heterocycles. The fraction of sp³-hybridized carbons (Fsp3) is 0.647. The van der Waals surface area contributed by atoms with Crippen molar-refractivity contribution >= 4 is 0 Å². The first-order valence-electron chi connectivity index (χ1n) is 7.83. The Morgan fingerprint density at radius 1 is 1.25 bits per heavy atom. The van der Waals surface area contributed by atoms with Crippen molar-refractivity contribution in [2.24, 2.45) is 0 Å². The van der Waals surface area contributed by atoms with Gasteiger partial charge < -0.3 is 15.0 Å². The lowest BCUT2D eigenvalue weighted by Gasteiger charge is -2.27. The third-order valence-electron chi connectivity index (χ3n) is 3.88. The second kappa shape index (κ2) is 7.65. The third kappa shape index (κ3) is 4.50. The van der Waals surface area contributed by atoms with Crippen molar-refractivity contribution in [3.05, 3.63) is 29.3 Å². The Hall–Kier alpha value is -1.06. The van der Waals surface area contributed by atoms with Crippen LogP contribution in [0.2, 0.25) is 0 Å². The van der Waals surface area contributed by atoms with E-state index < -0.39 is 0 Å². The summed E-state index contributed by atoms with van der Waals surface area (Å²) in [5.41, 5.74) is 2.59. The minimum atomic E-state index is 0.513. The van der Waals surface area contributed by atoms with Gasteiger partial charge in [0.05, 0.1) is 6.61 Å². The van der Waals surface area contributed by atoms with Gasteiger partial charge in [0.2, 0.25) is 0 Å². The molecule has 1 aromatic rings.